The van der Waals surface area contributed by atoms with Crippen molar-refractivity contribution >= 4 is 17.3 Å². The highest BCUT2D eigenvalue weighted by atomic mass is 32.1. The first kappa shape index (κ1) is 21.6. The summed E-state index contributed by atoms with van der Waals surface area (Å²) in [6.45, 7) is 14.2. The molecule has 3 heterocycles. The SMILES string of the molecule is Cc1cccc(-n2c(C)cc(C3C(c4ccccn4)NC(=S)N3CC(C)C)c2C)c1C. The molecule has 0 aliphatic carbocycles. The van der Waals surface area contributed by atoms with E-state index in [-0.39, 0.29) is 12.1 Å². The highest BCUT2D eigenvalue weighted by Crippen LogP contribution is 2.42. The van der Waals surface area contributed by atoms with Gasteiger partial charge in [0.25, 0.3) is 0 Å². The molecule has 1 saturated heterocycles. The lowest BCUT2D eigenvalue weighted by atomic mass is 9.96. The van der Waals surface area contributed by atoms with E-state index in [0.717, 1.165) is 17.4 Å². The maximum Gasteiger partial charge on any atom is 0.170 e. The minimum absolute atomic E-state index is 0.0278. The Kier molecular flexibility index (Phi) is 5.89. The molecule has 4 rings (SSSR count). The van der Waals surface area contributed by atoms with Gasteiger partial charge in [-0.05, 0) is 86.8 Å². The monoisotopic (exact) mass is 432 g/mol. The molecule has 2 aromatic heterocycles. The van der Waals surface area contributed by atoms with Gasteiger partial charge in [-0.15, -0.1) is 0 Å². The molecule has 0 radical (unpaired) electrons. The Morgan fingerprint density at radius 1 is 1.06 bits per heavy atom. The summed E-state index contributed by atoms with van der Waals surface area (Å²) in [4.78, 5) is 7.03. The van der Waals surface area contributed by atoms with E-state index in [1.807, 2.05) is 12.3 Å². The van der Waals surface area contributed by atoms with Gasteiger partial charge in [-0.3, -0.25) is 4.98 Å². The van der Waals surface area contributed by atoms with Gasteiger partial charge in [0, 0.05) is 29.8 Å². The molecule has 162 valence electrons. The predicted octanol–water partition coefficient (Wildman–Crippen LogP) is 5.73. The molecule has 1 aliphatic rings. The molecule has 1 fully saturated rings. The zero-order valence-electron chi connectivity index (χ0n) is 19.3. The number of nitrogens with zero attached hydrogens (tertiary/aromatic N) is 3. The number of aromatic nitrogens is 2. The topological polar surface area (TPSA) is 33.1 Å². The molecular formula is C26H32N4S. The zero-order chi connectivity index (χ0) is 22.3. The maximum absolute atomic E-state index is 5.81. The molecule has 5 heteroatoms. The van der Waals surface area contributed by atoms with Crippen molar-refractivity contribution in [2.45, 2.75) is 53.6 Å². The first-order valence-corrected chi connectivity index (χ1v) is 11.4. The van der Waals surface area contributed by atoms with Crippen LogP contribution in [0.4, 0.5) is 0 Å². The van der Waals surface area contributed by atoms with Crippen molar-refractivity contribution in [3.05, 3.63) is 82.4 Å². The highest BCUT2D eigenvalue weighted by molar-refractivity contribution is 7.80. The fraction of sp³-hybridized carbons (Fsp3) is 0.385. The van der Waals surface area contributed by atoms with Crippen LogP contribution in [0.15, 0.2) is 48.7 Å². The number of rotatable bonds is 5. The molecule has 2 unspecified atom stereocenters. The van der Waals surface area contributed by atoms with Gasteiger partial charge in [0.1, 0.15) is 0 Å². The largest absolute Gasteiger partial charge is 0.352 e. The summed E-state index contributed by atoms with van der Waals surface area (Å²) < 4.78 is 2.39. The van der Waals surface area contributed by atoms with Crippen molar-refractivity contribution in [1.82, 2.24) is 19.8 Å². The Balaban J connectivity index is 1.86. The molecule has 31 heavy (non-hydrogen) atoms. The summed E-state index contributed by atoms with van der Waals surface area (Å²) in [6.07, 6.45) is 1.86. The quantitative estimate of drug-likeness (QED) is 0.522. The van der Waals surface area contributed by atoms with E-state index in [0.29, 0.717) is 5.92 Å². The molecule has 1 aromatic carbocycles. The number of hydrogen-bond donors (Lipinski definition) is 1. The van der Waals surface area contributed by atoms with E-state index >= 15 is 0 Å². The Labute approximate surface area is 191 Å². The predicted molar refractivity (Wildman–Crippen MR) is 132 cm³/mol. The van der Waals surface area contributed by atoms with Crippen LogP contribution in [0.3, 0.4) is 0 Å². The van der Waals surface area contributed by atoms with Gasteiger partial charge in [-0.2, -0.15) is 0 Å². The first-order chi connectivity index (χ1) is 14.8. The Bertz CT molecular complexity index is 1100. The molecule has 3 aromatic rings. The van der Waals surface area contributed by atoms with Crippen molar-refractivity contribution in [3.8, 4) is 5.69 Å². The Hall–Kier alpha value is -2.66. The fourth-order valence-electron chi connectivity index (χ4n) is 4.77. The second kappa shape index (κ2) is 8.46. The molecule has 0 amide bonds. The van der Waals surface area contributed by atoms with E-state index in [1.54, 1.807) is 0 Å². The summed E-state index contributed by atoms with van der Waals surface area (Å²) in [7, 11) is 0. The van der Waals surface area contributed by atoms with Crippen LogP contribution >= 0.6 is 12.2 Å². The molecular weight excluding hydrogens is 400 g/mol. The van der Waals surface area contributed by atoms with Crippen LogP contribution in [0.5, 0.6) is 0 Å². The summed E-state index contributed by atoms with van der Waals surface area (Å²) >= 11 is 5.81. The van der Waals surface area contributed by atoms with E-state index in [2.05, 4.69) is 97.7 Å². The van der Waals surface area contributed by atoms with Gasteiger partial charge in [-0.25, -0.2) is 0 Å². The minimum atomic E-state index is 0.0278. The van der Waals surface area contributed by atoms with E-state index < -0.39 is 0 Å². The van der Waals surface area contributed by atoms with Crippen LogP contribution in [-0.2, 0) is 0 Å². The maximum atomic E-state index is 5.81. The zero-order valence-corrected chi connectivity index (χ0v) is 20.1. The molecule has 1 N–H and O–H groups in total. The summed E-state index contributed by atoms with van der Waals surface area (Å²) in [5, 5.41) is 4.39. The van der Waals surface area contributed by atoms with Gasteiger partial charge in [-0.1, -0.05) is 32.0 Å². The standard InChI is InChI=1S/C26H32N4S/c1-16(2)15-29-25(24(28-26(29)31)22-11-7-8-13-27-22)21-14-18(4)30(20(21)6)23-12-9-10-17(3)19(23)5/h7-14,16,24-25H,15H2,1-6H3,(H,28,31). The Morgan fingerprint density at radius 3 is 2.52 bits per heavy atom. The van der Waals surface area contributed by atoms with Crippen LogP contribution in [0.25, 0.3) is 5.69 Å². The van der Waals surface area contributed by atoms with Crippen molar-refractivity contribution < 1.29 is 0 Å². The number of thiocarbonyl (C=S) groups is 1. The highest BCUT2D eigenvalue weighted by Gasteiger charge is 2.41. The number of pyridine rings is 1. The van der Waals surface area contributed by atoms with Crippen LogP contribution in [0.2, 0.25) is 0 Å². The lowest BCUT2D eigenvalue weighted by Gasteiger charge is -2.29. The van der Waals surface area contributed by atoms with Crippen LogP contribution < -0.4 is 5.32 Å². The van der Waals surface area contributed by atoms with E-state index in [4.69, 9.17) is 12.2 Å². The van der Waals surface area contributed by atoms with Gasteiger partial charge in [0.15, 0.2) is 5.11 Å². The van der Waals surface area contributed by atoms with Gasteiger partial charge >= 0.3 is 0 Å². The third-order valence-corrected chi connectivity index (χ3v) is 6.72. The van der Waals surface area contributed by atoms with Crippen LogP contribution in [0, 0.1) is 33.6 Å². The van der Waals surface area contributed by atoms with Crippen molar-refractivity contribution in [2.24, 2.45) is 5.92 Å². The number of nitrogens with one attached hydrogen (secondary N) is 1. The number of hydrogen-bond acceptors (Lipinski definition) is 2. The fourth-order valence-corrected chi connectivity index (χ4v) is 5.08. The minimum Gasteiger partial charge on any atom is -0.352 e. The van der Waals surface area contributed by atoms with Gasteiger partial charge in [0.05, 0.1) is 17.8 Å². The molecule has 0 spiro atoms. The number of aryl methyl sites for hydroxylation is 2. The second-order valence-corrected chi connectivity index (χ2v) is 9.44. The van der Waals surface area contributed by atoms with Crippen LogP contribution in [-0.4, -0.2) is 26.1 Å². The molecule has 0 saturated carbocycles. The lowest BCUT2D eigenvalue weighted by Crippen LogP contribution is -2.33. The average Bonchev–Trinajstić information content (AvgIpc) is 3.20. The molecule has 1 aliphatic heterocycles. The van der Waals surface area contributed by atoms with Crippen LogP contribution in [0.1, 0.15) is 59.7 Å². The van der Waals surface area contributed by atoms with E-state index in [9.17, 15) is 0 Å². The van der Waals surface area contributed by atoms with Gasteiger partial charge in [0.2, 0.25) is 0 Å². The summed E-state index contributed by atoms with van der Waals surface area (Å²) in [6, 6.07) is 15.1. The summed E-state index contributed by atoms with van der Waals surface area (Å²) in [5.74, 6) is 0.507. The molecule has 4 nitrogen and oxygen atoms in total. The smallest absolute Gasteiger partial charge is 0.170 e. The van der Waals surface area contributed by atoms with E-state index in [1.165, 1.54) is 33.8 Å². The first-order valence-electron chi connectivity index (χ1n) is 11.0. The number of benzene rings is 1. The average molecular weight is 433 g/mol. The Morgan fingerprint density at radius 2 is 1.84 bits per heavy atom. The normalized spacial score (nSPS) is 18.7. The third-order valence-electron chi connectivity index (χ3n) is 6.37. The third kappa shape index (κ3) is 3.87. The van der Waals surface area contributed by atoms with Gasteiger partial charge < -0.3 is 14.8 Å². The van der Waals surface area contributed by atoms with Crippen molar-refractivity contribution in [3.63, 3.8) is 0 Å². The lowest BCUT2D eigenvalue weighted by molar-refractivity contribution is 0.287. The van der Waals surface area contributed by atoms with Crippen molar-refractivity contribution in [1.29, 1.82) is 0 Å². The molecule has 2 atom stereocenters. The second-order valence-electron chi connectivity index (χ2n) is 9.05. The van der Waals surface area contributed by atoms with Crippen molar-refractivity contribution in [2.75, 3.05) is 6.54 Å². The molecule has 0 bridgehead atoms. The summed E-state index contributed by atoms with van der Waals surface area (Å²) in [5.41, 5.74) is 8.71.